The number of unbranched alkanes of at least 4 members (excludes halogenated alkanes) is 4. The van der Waals surface area contributed by atoms with Crippen LogP contribution in [0.2, 0.25) is 0 Å². The smallest absolute Gasteiger partial charge is 0.131 e. The van der Waals surface area contributed by atoms with Gasteiger partial charge in [-0.05, 0) is 12.1 Å². The molecule has 0 saturated heterocycles. The van der Waals surface area contributed by atoms with E-state index in [1.807, 2.05) is 6.07 Å². The summed E-state index contributed by atoms with van der Waals surface area (Å²) in [5.41, 5.74) is 0.576. The Labute approximate surface area is 109 Å². The summed E-state index contributed by atoms with van der Waals surface area (Å²) >= 11 is 0. The molecular formula is C14H22N4. The number of nitrogens with zero attached hydrogens (tertiary/aromatic N) is 2. The van der Waals surface area contributed by atoms with E-state index in [-0.39, 0.29) is 5.49 Å². The Morgan fingerprint density at radius 3 is 2.28 bits per heavy atom. The van der Waals surface area contributed by atoms with Crippen LogP contribution in [0.4, 0.5) is 0 Å². The molecule has 0 spiro atoms. The van der Waals surface area contributed by atoms with Crippen LogP contribution in [0.5, 0.6) is 0 Å². The summed E-state index contributed by atoms with van der Waals surface area (Å²) in [5.74, 6) is 0. The molecule has 2 N–H and O–H groups in total. The van der Waals surface area contributed by atoms with Gasteiger partial charge in [-0.15, -0.1) is 0 Å². The van der Waals surface area contributed by atoms with Gasteiger partial charge in [0.05, 0.1) is 18.0 Å². The van der Waals surface area contributed by atoms with Gasteiger partial charge in [0.1, 0.15) is 5.49 Å². The third-order valence-corrected chi connectivity index (χ3v) is 2.46. The fraction of sp³-hybridized carbons (Fsp3) is 0.500. The van der Waals surface area contributed by atoms with E-state index in [2.05, 4.69) is 13.8 Å². The molecule has 0 amide bonds. The molecule has 0 aromatic carbocycles. The number of hydrogen-bond donors (Lipinski definition) is 2. The summed E-state index contributed by atoms with van der Waals surface area (Å²) in [6.07, 6.45) is 9.53. The lowest BCUT2D eigenvalue weighted by Gasteiger charge is -1.95. The van der Waals surface area contributed by atoms with E-state index in [9.17, 15) is 0 Å². The number of aromatic nitrogens is 1. The Hall–Kier alpha value is -1.89. The normalized spacial score (nSPS) is 8.94. The molecule has 0 aliphatic heterocycles. The Kier molecular flexibility index (Phi) is 9.20. The van der Waals surface area contributed by atoms with Crippen molar-refractivity contribution in [1.82, 2.24) is 4.57 Å². The molecule has 0 atom stereocenters. The van der Waals surface area contributed by atoms with E-state index in [0.717, 1.165) is 6.34 Å². The topological polar surface area (TPSA) is 76.4 Å². The average Bonchev–Trinajstić information content (AvgIpc) is 2.40. The van der Waals surface area contributed by atoms with Crippen molar-refractivity contribution in [3.63, 3.8) is 0 Å². The van der Waals surface area contributed by atoms with E-state index in [1.54, 1.807) is 6.07 Å². The fourth-order valence-electron chi connectivity index (χ4n) is 1.37. The zero-order valence-electron chi connectivity index (χ0n) is 11.2. The van der Waals surface area contributed by atoms with E-state index in [1.165, 1.54) is 48.9 Å². The Bertz CT molecular complexity index is 436. The van der Waals surface area contributed by atoms with Crippen LogP contribution in [-0.4, -0.2) is 10.9 Å². The SMILES string of the molecule is CCCCCCC.N#Cc1ccn(C=N)c(=N)c1. The molecule has 98 valence electrons. The largest absolute Gasteiger partial charge is 0.293 e. The number of rotatable bonds is 5. The lowest BCUT2D eigenvalue weighted by molar-refractivity contribution is 0.656. The summed E-state index contributed by atoms with van der Waals surface area (Å²) in [6.45, 7) is 4.49. The summed E-state index contributed by atoms with van der Waals surface area (Å²) in [5, 5.41) is 22.5. The highest BCUT2D eigenvalue weighted by Gasteiger charge is 1.90. The van der Waals surface area contributed by atoms with E-state index < -0.39 is 0 Å². The van der Waals surface area contributed by atoms with Gasteiger partial charge in [-0.2, -0.15) is 5.26 Å². The first kappa shape index (κ1) is 16.1. The van der Waals surface area contributed by atoms with Crippen LogP contribution in [0.25, 0.3) is 0 Å². The molecule has 0 saturated carbocycles. The number of hydrogen-bond acceptors (Lipinski definition) is 3. The molecular weight excluding hydrogens is 224 g/mol. The first-order valence-corrected chi connectivity index (χ1v) is 6.37. The summed E-state index contributed by atoms with van der Waals surface area (Å²) in [4.78, 5) is 0. The molecule has 4 nitrogen and oxygen atoms in total. The Morgan fingerprint density at radius 2 is 1.89 bits per heavy atom. The van der Waals surface area contributed by atoms with Crippen molar-refractivity contribution in [3.8, 4) is 6.07 Å². The fourth-order valence-corrected chi connectivity index (χ4v) is 1.37. The van der Waals surface area contributed by atoms with Gasteiger partial charge in [0.15, 0.2) is 0 Å². The number of nitriles is 1. The lowest BCUT2D eigenvalue weighted by atomic mass is 10.2. The van der Waals surface area contributed by atoms with Gasteiger partial charge in [0.2, 0.25) is 0 Å². The molecule has 1 rings (SSSR count). The summed E-state index contributed by atoms with van der Waals surface area (Å²) < 4.78 is 1.31. The van der Waals surface area contributed by atoms with Crippen LogP contribution in [-0.2, 0) is 0 Å². The molecule has 4 heteroatoms. The predicted molar refractivity (Wildman–Crippen MR) is 73.6 cm³/mol. The highest BCUT2D eigenvalue weighted by atomic mass is 15.0. The standard InChI is InChI=1S/C7H6N4.C7H16/c8-4-6-1-2-11(5-9)7(10)3-6;1-3-5-7-6-4-2/h1-3,5,9-10H;3-7H2,1-2H3. The maximum Gasteiger partial charge on any atom is 0.131 e. The maximum absolute atomic E-state index is 8.43. The van der Waals surface area contributed by atoms with Crippen molar-refractivity contribution in [2.45, 2.75) is 46.0 Å². The van der Waals surface area contributed by atoms with E-state index in [4.69, 9.17) is 16.1 Å². The van der Waals surface area contributed by atoms with Crippen LogP contribution in [0, 0.1) is 22.1 Å². The van der Waals surface area contributed by atoms with Crippen LogP contribution in [0.3, 0.4) is 0 Å². The quantitative estimate of drug-likeness (QED) is 0.467. The number of pyridine rings is 1. The third-order valence-electron chi connectivity index (χ3n) is 2.46. The highest BCUT2D eigenvalue weighted by molar-refractivity contribution is 5.54. The van der Waals surface area contributed by atoms with Crippen molar-refractivity contribution in [2.75, 3.05) is 0 Å². The minimum atomic E-state index is 0.138. The minimum Gasteiger partial charge on any atom is -0.293 e. The number of nitrogens with one attached hydrogen (secondary N) is 2. The molecule has 1 heterocycles. The first-order chi connectivity index (χ1) is 8.69. The molecule has 1 aromatic heterocycles. The predicted octanol–water partition coefficient (Wildman–Crippen LogP) is 3.27. The molecule has 0 aliphatic carbocycles. The molecule has 0 unspecified atom stereocenters. The average molecular weight is 246 g/mol. The van der Waals surface area contributed by atoms with Gasteiger partial charge in [-0.3, -0.25) is 15.4 Å². The third kappa shape index (κ3) is 6.64. The molecule has 0 bridgehead atoms. The van der Waals surface area contributed by atoms with Crippen LogP contribution in [0.15, 0.2) is 18.3 Å². The summed E-state index contributed by atoms with van der Waals surface area (Å²) in [6, 6.07) is 4.88. The van der Waals surface area contributed by atoms with Crippen molar-refractivity contribution in [1.29, 1.82) is 16.1 Å². The molecule has 0 radical (unpaired) electrons. The minimum absolute atomic E-state index is 0.138. The van der Waals surface area contributed by atoms with Gasteiger partial charge >= 0.3 is 0 Å². The molecule has 0 aliphatic rings. The molecule has 1 aromatic rings. The van der Waals surface area contributed by atoms with E-state index >= 15 is 0 Å². The zero-order chi connectivity index (χ0) is 13.8. The molecule has 18 heavy (non-hydrogen) atoms. The second kappa shape index (κ2) is 10.3. The second-order valence-electron chi connectivity index (χ2n) is 4.01. The Balaban J connectivity index is 0.000000360. The van der Waals surface area contributed by atoms with Crippen LogP contribution < -0.4 is 5.49 Å². The monoisotopic (exact) mass is 246 g/mol. The Morgan fingerprint density at radius 1 is 1.28 bits per heavy atom. The maximum atomic E-state index is 8.43. The van der Waals surface area contributed by atoms with Gasteiger partial charge in [-0.25, -0.2) is 0 Å². The summed E-state index contributed by atoms with van der Waals surface area (Å²) in [7, 11) is 0. The van der Waals surface area contributed by atoms with Crippen molar-refractivity contribution >= 4 is 6.34 Å². The zero-order valence-corrected chi connectivity index (χ0v) is 11.2. The van der Waals surface area contributed by atoms with Gasteiger partial charge in [0, 0.05) is 6.20 Å². The van der Waals surface area contributed by atoms with Crippen LogP contribution >= 0.6 is 0 Å². The lowest BCUT2D eigenvalue weighted by Crippen LogP contribution is -2.17. The van der Waals surface area contributed by atoms with Crippen molar-refractivity contribution in [2.24, 2.45) is 0 Å². The van der Waals surface area contributed by atoms with Crippen molar-refractivity contribution in [3.05, 3.63) is 29.4 Å². The molecule has 0 fully saturated rings. The van der Waals surface area contributed by atoms with Gasteiger partial charge < -0.3 is 0 Å². The van der Waals surface area contributed by atoms with Gasteiger partial charge in [-0.1, -0.05) is 46.0 Å². The highest BCUT2D eigenvalue weighted by Crippen LogP contribution is 2.00. The van der Waals surface area contributed by atoms with Gasteiger partial charge in [0.25, 0.3) is 0 Å². The first-order valence-electron chi connectivity index (χ1n) is 6.37. The van der Waals surface area contributed by atoms with Crippen LogP contribution in [0.1, 0.15) is 51.5 Å². The van der Waals surface area contributed by atoms with E-state index in [0.29, 0.717) is 5.56 Å². The second-order valence-corrected chi connectivity index (χ2v) is 4.01. The van der Waals surface area contributed by atoms with Crippen molar-refractivity contribution < 1.29 is 0 Å².